The summed E-state index contributed by atoms with van der Waals surface area (Å²) in [5, 5.41) is 0. The number of hydrogen-bond acceptors (Lipinski definition) is 4. The Bertz CT molecular complexity index is 446. The molecule has 2 saturated heterocycles. The molecule has 1 aliphatic carbocycles. The second-order valence-corrected chi connectivity index (χ2v) is 6.07. The maximum Gasteiger partial charge on any atom is 0.310 e. The molecule has 0 radical (unpaired) electrons. The van der Waals surface area contributed by atoms with Crippen LogP contribution in [0, 0.1) is 11.8 Å². The zero-order valence-corrected chi connectivity index (χ0v) is 11.7. The number of carbonyl (C=O) groups is 3. The molecule has 0 aromatic heterocycles. The fourth-order valence-corrected chi connectivity index (χ4v) is 3.25. The van der Waals surface area contributed by atoms with Crippen LogP contribution >= 0.6 is 0 Å². The largest absolute Gasteiger partial charge is 0.469 e. The molecule has 1 saturated carbocycles. The minimum atomic E-state index is -0.343. The molecule has 0 aromatic rings. The van der Waals surface area contributed by atoms with E-state index in [9.17, 15) is 14.4 Å². The first kappa shape index (κ1) is 13.4. The van der Waals surface area contributed by atoms with Gasteiger partial charge in [0.25, 0.3) is 0 Å². The van der Waals surface area contributed by atoms with Crippen LogP contribution in [0.25, 0.3) is 0 Å². The van der Waals surface area contributed by atoms with Gasteiger partial charge in [-0.1, -0.05) is 0 Å². The van der Waals surface area contributed by atoms with Crippen molar-refractivity contribution in [2.24, 2.45) is 11.8 Å². The van der Waals surface area contributed by atoms with Crippen molar-refractivity contribution in [3.63, 3.8) is 0 Å². The maximum absolute atomic E-state index is 11.9. The molecule has 2 heterocycles. The highest BCUT2D eigenvalue weighted by Gasteiger charge is 2.42. The second kappa shape index (κ2) is 5.07. The molecule has 3 fully saturated rings. The standard InChI is InChI=1S/C14H20N2O4/c1-20-14(19)10-5-12(17)15(8-10)6-9-4-13(18)16(7-9)11-2-3-11/h9-11H,2-8H2,1H3. The maximum atomic E-state index is 11.9. The smallest absolute Gasteiger partial charge is 0.310 e. The summed E-state index contributed by atoms with van der Waals surface area (Å²) in [5.41, 5.74) is 0. The minimum absolute atomic E-state index is 0.00211. The number of carbonyl (C=O) groups excluding carboxylic acids is 3. The lowest BCUT2D eigenvalue weighted by Gasteiger charge is -2.21. The van der Waals surface area contributed by atoms with Crippen molar-refractivity contribution in [3.8, 4) is 0 Å². The van der Waals surface area contributed by atoms with Gasteiger partial charge < -0.3 is 14.5 Å². The lowest BCUT2D eigenvalue weighted by Crippen LogP contribution is -2.33. The zero-order chi connectivity index (χ0) is 14.3. The van der Waals surface area contributed by atoms with E-state index in [2.05, 4.69) is 0 Å². The van der Waals surface area contributed by atoms with Gasteiger partial charge in [0, 0.05) is 44.4 Å². The van der Waals surface area contributed by atoms with Crippen LogP contribution in [-0.4, -0.2) is 60.4 Å². The molecule has 2 atom stereocenters. The average molecular weight is 280 g/mol. The molecule has 0 N–H and O–H groups in total. The number of likely N-dealkylation sites (tertiary alicyclic amines) is 2. The lowest BCUT2D eigenvalue weighted by molar-refractivity contribution is -0.145. The first-order valence-corrected chi connectivity index (χ1v) is 7.23. The van der Waals surface area contributed by atoms with E-state index < -0.39 is 0 Å². The van der Waals surface area contributed by atoms with Crippen LogP contribution in [0.4, 0.5) is 0 Å². The van der Waals surface area contributed by atoms with E-state index in [0.29, 0.717) is 25.6 Å². The van der Waals surface area contributed by atoms with Gasteiger partial charge in [0.05, 0.1) is 13.0 Å². The van der Waals surface area contributed by atoms with Crippen molar-refractivity contribution in [1.29, 1.82) is 0 Å². The molecule has 2 unspecified atom stereocenters. The van der Waals surface area contributed by atoms with Gasteiger partial charge in [0.15, 0.2) is 0 Å². The number of amides is 2. The van der Waals surface area contributed by atoms with Crippen LogP contribution < -0.4 is 0 Å². The summed E-state index contributed by atoms with van der Waals surface area (Å²) >= 11 is 0. The van der Waals surface area contributed by atoms with Crippen LogP contribution in [0.5, 0.6) is 0 Å². The minimum Gasteiger partial charge on any atom is -0.469 e. The number of methoxy groups -OCH3 is 1. The molecule has 2 aliphatic heterocycles. The predicted octanol–water partition coefficient (Wildman–Crippen LogP) is 0.0188. The fraction of sp³-hybridized carbons (Fsp3) is 0.786. The van der Waals surface area contributed by atoms with Gasteiger partial charge in [-0.2, -0.15) is 0 Å². The Labute approximate surface area is 118 Å². The third kappa shape index (κ3) is 2.51. The van der Waals surface area contributed by atoms with Crippen molar-refractivity contribution in [1.82, 2.24) is 9.80 Å². The number of rotatable bonds is 4. The van der Waals surface area contributed by atoms with Crippen LogP contribution in [0.2, 0.25) is 0 Å². The summed E-state index contributed by atoms with van der Waals surface area (Å²) in [6.45, 7) is 1.77. The molecule has 3 rings (SSSR count). The lowest BCUT2D eigenvalue weighted by atomic mass is 10.1. The SMILES string of the molecule is COC(=O)C1CC(=O)N(CC2CC(=O)N(C3CC3)C2)C1. The highest BCUT2D eigenvalue weighted by atomic mass is 16.5. The van der Waals surface area contributed by atoms with Crippen molar-refractivity contribution in [3.05, 3.63) is 0 Å². The molecule has 6 nitrogen and oxygen atoms in total. The fourth-order valence-electron chi connectivity index (χ4n) is 3.25. The summed E-state index contributed by atoms with van der Waals surface area (Å²) < 4.78 is 4.69. The van der Waals surface area contributed by atoms with Crippen molar-refractivity contribution in [2.45, 2.75) is 31.7 Å². The van der Waals surface area contributed by atoms with E-state index in [0.717, 1.165) is 19.4 Å². The molecule has 0 aromatic carbocycles. The Morgan fingerprint density at radius 1 is 1.20 bits per heavy atom. The van der Waals surface area contributed by atoms with E-state index in [1.807, 2.05) is 4.90 Å². The molecular weight excluding hydrogens is 260 g/mol. The van der Waals surface area contributed by atoms with E-state index in [1.165, 1.54) is 7.11 Å². The quantitative estimate of drug-likeness (QED) is 0.681. The Morgan fingerprint density at radius 2 is 1.95 bits per heavy atom. The third-order valence-electron chi connectivity index (χ3n) is 4.45. The predicted molar refractivity (Wildman–Crippen MR) is 69.5 cm³/mol. The van der Waals surface area contributed by atoms with Crippen LogP contribution in [0.3, 0.4) is 0 Å². The molecule has 110 valence electrons. The molecule has 2 amide bonds. The van der Waals surface area contributed by atoms with Gasteiger partial charge in [-0.3, -0.25) is 14.4 Å². The van der Waals surface area contributed by atoms with Gasteiger partial charge in [-0.05, 0) is 12.8 Å². The highest BCUT2D eigenvalue weighted by molar-refractivity contribution is 5.87. The van der Waals surface area contributed by atoms with E-state index in [4.69, 9.17) is 4.74 Å². The number of ether oxygens (including phenoxy) is 1. The summed E-state index contributed by atoms with van der Waals surface area (Å²) in [5.74, 6) is -0.234. The van der Waals surface area contributed by atoms with Crippen LogP contribution in [0.15, 0.2) is 0 Å². The molecule has 3 aliphatic rings. The molecule has 20 heavy (non-hydrogen) atoms. The van der Waals surface area contributed by atoms with Gasteiger partial charge >= 0.3 is 5.97 Å². The first-order valence-electron chi connectivity index (χ1n) is 7.23. The Hall–Kier alpha value is -1.59. The Kier molecular flexibility index (Phi) is 3.40. The Balaban J connectivity index is 1.54. The van der Waals surface area contributed by atoms with Gasteiger partial charge in [-0.15, -0.1) is 0 Å². The summed E-state index contributed by atoms with van der Waals surface area (Å²) in [6, 6.07) is 0.449. The molecular formula is C14H20N2O4. The van der Waals surface area contributed by atoms with E-state index in [-0.39, 0.29) is 36.0 Å². The molecule has 0 spiro atoms. The summed E-state index contributed by atoms with van der Waals surface area (Å²) in [6.07, 6.45) is 3.00. The monoisotopic (exact) mass is 280 g/mol. The van der Waals surface area contributed by atoms with E-state index in [1.54, 1.807) is 4.90 Å². The highest BCUT2D eigenvalue weighted by Crippen LogP contribution is 2.33. The second-order valence-electron chi connectivity index (χ2n) is 6.07. The van der Waals surface area contributed by atoms with Crippen molar-refractivity contribution < 1.29 is 19.1 Å². The van der Waals surface area contributed by atoms with Crippen LogP contribution in [0.1, 0.15) is 25.7 Å². The number of hydrogen-bond donors (Lipinski definition) is 0. The summed E-state index contributed by atoms with van der Waals surface area (Å²) in [7, 11) is 1.35. The van der Waals surface area contributed by atoms with E-state index >= 15 is 0 Å². The topological polar surface area (TPSA) is 66.9 Å². The normalized spacial score (nSPS) is 30.2. The number of esters is 1. The zero-order valence-electron chi connectivity index (χ0n) is 11.7. The van der Waals surface area contributed by atoms with Gasteiger partial charge in [0.1, 0.15) is 0 Å². The van der Waals surface area contributed by atoms with Crippen molar-refractivity contribution >= 4 is 17.8 Å². The third-order valence-corrected chi connectivity index (χ3v) is 4.45. The van der Waals surface area contributed by atoms with Gasteiger partial charge in [0.2, 0.25) is 11.8 Å². The van der Waals surface area contributed by atoms with Crippen molar-refractivity contribution in [2.75, 3.05) is 26.7 Å². The Morgan fingerprint density at radius 3 is 2.60 bits per heavy atom. The molecule has 0 bridgehead atoms. The average Bonchev–Trinajstić information content (AvgIpc) is 3.11. The number of nitrogens with zero attached hydrogens (tertiary/aromatic N) is 2. The molecule has 6 heteroatoms. The summed E-state index contributed by atoms with van der Waals surface area (Å²) in [4.78, 5) is 39.0. The van der Waals surface area contributed by atoms with Gasteiger partial charge in [-0.25, -0.2) is 0 Å². The first-order chi connectivity index (χ1) is 9.58. The van der Waals surface area contributed by atoms with Crippen LogP contribution in [-0.2, 0) is 19.1 Å².